The summed E-state index contributed by atoms with van der Waals surface area (Å²) in [6.45, 7) is 3.58. The summed E-state index contributed by atoms with van der Waals surface area (Å²) in [5.41, 5.74) is 6.30. The first kappa shape index (κ1) is 14.5. The van der Waals surface area contributed by atoms with Crippen molar-refractivity contribution in [2.45, 2.75) is 19.9 Å². The Morgan fingerprint density at radius 2 is 1.83 bits per heavy atom. The van der Waals surface area contributed by atoms with Crippen LogP contribution in [0.2, 0.25) is 0 Å². The van der Waals surface area contributed by atoms with E-state index in [9.17, 15) is 8.42 Å². The third kappa shape index (κ3) is 3.44. The van der Waals surface area contributed by atoms with Gasteiger partial charge in [0, 0.05) is 24.3 Å². The maximum Gasteiger partial charge on any atom is 0.301 e. The summed E-state index contributed by atoms with van der Waals surface area (Å²) in [7, 11) is -2.04. The molecule has 0 aromatic heterocycles. The largest absolute Gasteiger partial charge is 0.384 e. The molecule has 0 aliphatic heterocycles. The highest BCUT2D eigenvalue weighted by Gasteiger charge is 2.20. The fraction of sp³-hybridized carbons (Fsp3) is 0.364. The Morgan fingerprint density at radius 1 is 1.33 bits per heavy atom. The van der Waals surface area contributed by atoms with Gasteiger partial charge in [0.15, 0.2) is 0 Å². The second kappa shape index (κ2) is 5.36. The standard InChI is InChI=1S/C11H18N4O2S/c1-8(2)15(3)18(16,17)14-10-6-4-9(5-7-10)11(12)13/h4-8,14H,1-3H3,(H3,12,13). The molecule has 0 bridgehead atoms. The van der Waals surface area contributed by atoms with Gasteiger partial charge in [0.25, 0.3) is 0 Å². The molecule has 7 heteroatoms. The van der Waals surface area contributed by atoms with Crippen molar-refractivity contribution in [2.75, 3.05) is 11.8 Å². The van der Waals surface area contributed by atoms with E-state index in [0.29, 0.717) is 11.3 Å². The average molecular weight is 270 g/mol. The van der Waals surface area contributed by atoms with Gasteiger partial charge in [-0.15, -0.1) is 0 Å². The Bertz CT molecular complexity index is 522. The van der Waals surface area contributed by atoms with Gasteiger partial charge in [-0.05, 0) is 38.1 Å². The van der Waals surface area contributed by atoms with Crippen molar-refractivity contribution in [2.24, 2.45) is 5.73 Å². The molecule has 4 N–H and O–H groups in total. The molecule has 0 atom stereocenters. The lowest BCUT2D eigenvalue weighted by atomic mass is 10.2. The summed E-state index contributed by atoms with van der Waals surface area (Å²) in [5.74, 6) is -0.0521. The monoisotopic (exact) mass is 270 g/mol. The summed E-state index contributed by atoms with van der Waals surface area (Å²) < 4.78 is 27.5. The van der Waals surface area contributed by atoms with E-state index < -0.39 is 10.2 Å². The highest BCUT2D eigenvalue weighted by Crippen LogP contribution is 2.13. The quantitative estimate of drug-likeness (QED) is 0.549. The molecule has 0 amide bonds. The molecule has 0 aliphatic rings. The van der Waals surface area contributed by atoms with Crippen LogP contribution in [0.1, 0.15) is 19.4 Å². The maximum atomic E-state index is 11.9. The molecule has 0 spiro atoms. The van der Waals surface area contributed by atoms with E-state index >= 15 is 0 Å². The molecule has 0 heterocycles. The van der Waals surface area contributed by atoms with E-state index in [1.165, 1.54) is 11.4 Å². The number of nitrogens with two attached hydrogens (primary N) is 1. The van der Waals surface area contributed by atoms with Crippen molar-refractivity contribution in [3.05, 3.63) is 29.8 Å². The number of hydrogen-bond donors (Lipinski definition) is 3. The Balaban J connectivity index is 2.88. The summed E-state index contributed by atoms with van der Waals surface area (Å²) in [4.78, 5) is 0. The van der Waals surface area contributed by atoms with E-state index in [1.54, 1.807) is 38.1 Å². The van der Waals surface area contributed by atoms with Crippen molar-refractivity contribution in [1.82, 2.24) is 4.31 Å². The van der Waals surface area contributed by atoms with E-state index in [4.69, 9.17) is 11.1 Å². The molecule has 0 radical (unpaired) electrons. The number of amidine groups is 1. The van der Waals surface area contributed by atoms with Gasteiger partial charge in [0.05, 0.1) is 0 Å². The lowest BCUT2D eigenvalue weighted by Gasteiger charge is -2.21. The predicted octanol–water partition coefficient (Wildman–Crippen LogP) is 0.968. The Morgan fingerprint density at radius 3 is 2.22 bits per heavy atom. The van der Waals surface area contributed by atoms with Gasteiger partial charge < -0.3 is 5.73 Å². The molecule has 0 fully saturated rings. The minimum Gasteiger partial charge on any atom is -0.384 e. The van der Waals surface area contributed by atoms with Gasteiger partial charge >= 0.3 is 10.2 Å². The first-order valence-corrected chi connectivity index (χ1v) is 6.88. The lowest BCUT2D eigenvalue weighted by molar-refractivity contribution is 0.414. The first-order valence-electron chi connectivity index (χ1n) is 5.44. The number of benzene rings is 1. The van der Waals surface area contributed by atoms with Crippen LogP contribution in [-0.2, 0) is 10.2 Å². The fourth-order valence-electron chi connectivity index (χ4n) is 1.22. The molecule has 6 nitrogen and oxygen atoms in total. The molecule has 1 rings (SSSR count). The van der Waals surface area contributed by atoms with Crippen LogP contribution in [-0.4, -0.2) is 31.6 Å². The normalized spacial score (nSPS) is 11.8. The van der Waals surface area contributed by atoms with Crippen LogP contribution < -0.4 is 10.5 Å². The number of anilines is 1. The van der Waals surface area contributed by atoms with E-state index in [0.717, 1.165) is 0 Å². The molecule has 0 unspecified atom stereocenters. The highest BCUT2D eigenvalue weighted by atomic mass is 32.2. The minimum absolute atomic E-state index is 0.0521. The zero-order valence-electron chi connectivity index (χ0n) is 10.6. The second-order valence-corrected chi connectivity index (χ2v) is 5.94. The van der Waals surface area contributed by atoms with Gasteiger partial charge in [-0.2, -0.15) is 12.7 Å². The summed E-state index contributed by atoms with van der Waals surface area (Å²) in [5, 5.41) is 7.24. The molecule has 0 aliphatic carbocycles. The van der Waals surface area contributed by atoms with Crippen LogP contribution >= 0.6 is 0 Å². The topological polar surface area (TPSA) is 99.3 Å². The molecular weight excluding hydrogens is 252 g/mol. The van der Waals surface area contributed by atoms with Crippen molar-refractivity contribution in [3.63, 3.8) is 0 Å². The minimum atomic E-state index is -3.55. The van der Waals surface area contributed by atoms with Crippen LogP contribution in [0.15, 0.2) is 24.3 Å². The number of hydrogen-bond acceptors (Lipinski definition) is 3. The van der Waals surface area contributed by atoms with E-state index in [2.05, 4.69) is 4.72 Å². The van der Waals surface area contributed by atoms with Crippen LogP contribution in [0.5, 0.6) is 0 Å². The molecule has 0 saturated carbocycles. The number of rotatable bonds is 5. The van der Waals surface area contributed by atoms with Crippen LogP contribution in [0.4, 0.5) is 5.69 Å². The van der Waals surface area contributed by atoms with Crippen molar-refractivity contribution in [3.8, 4) is 0 Å². The van der Waals surface area contributed by atoms with Crippen LogP contribution in [0.25, 0.3) is 0 Å². The summed E-state index contributed by atoms with van der Waals surface area (Å²) in [6.07, 6.45) is 0. The number of nitrogen functional groups attached to an aromatic ring is 1. The average Bonchev–Trinajstić information content (AvgIpc) is 2.28. The van der Waals surface area contributed by atoms with Gasteiger partial charge in [-0.25, -0.2) is 0 Å². The first-order chi connectivity index (χ1) is 8.24. The second-order valence-electron chi connectivity index (χ2n) is 4.21. The van der Waals surface area contributed by atoms with Crippen LogP contribution in [0.3, 0.4) is 0 Å². The van der Waals surface area contributed by atoms with Crippen molar-refractivity contribution < 1.29 is 8.42 Å². The Kier molecular flexibility index (Phi) is 4.31. The zero-order valence-corrected chi connectivity index (χ0v) is 11.5. The molecular formula is C11H18N4O2S. The molecule has 18 heavy (non-hydrogen) atoms. The van der Waals surface area contributed by atoms with Gasteiger partial charge in [-0.3, -0.25) is 10.1 Å². The molecule has 1 aromatic rings. The zero-order chi connectivity index (χ0) is 13.9. The number of nitrogens with one attached hydrogen (secondary N) is 2. The summed E-state index contributed by atoms with van der Waals surface area (Å²) in [6, 6.07) is 6.20. The molecule has 1 aromatic carbocycles. The van der Waals surface area contributed by atoms with E-state index in [-0.39, 0.29) is 11.9 Å². The molecule has 100 valence electrons. The summed E-state index contributed by atoms with van der Waals surface area (Å²) >= 11 is 0. The van der Waals surface area contributed by atoms with Gasteiger partial charge in [0.1, 0.15) is 5.84 Å². The lowest BCUT2D eigenvalue weighted by Crippen LogP contribution is -2.37. The number of nitrogens with zero attached hydrogens (tertiary/aromatic N) is 1. The Labute approximate surface area is 107 Å². The fourth-order valence-corrected chi connectivity index (χ4v) is 2.35. The van der Waals surface area contributed by atoms with Gasteiger partial charge in [-0.1, -0.05) is 0 Å². The third-order valence-corrected chi connectivity index (χ3v) is 4.22. The predicted molar refractivity (Wildman–Crippen MR) is 72.9 cm³/mol. The van der Waals surface area contributed by atoms with Gasteiger partial charge in [0.2, 0.25) is 0 Å². The van der Waals surface area contributed by atoms with Crippen molar-refractivity contribution >= 4 is 21.7 Å². The Hall–Kier alpha value is -1.60. The van der Waals surface area contributed by atoms with Crippen LogP contribution in [0, 0.1) is 5.41 Å². The SMILES string of the molecule is CC(C)N(C)S(=O)(=O)Nc1ccc(C(=N)N)cc1. The maximum absolute atomic E-state index is 11.9. The highest BCUT2D eigenvalue weighted by molar-refractivity contribution is 7.90. The smallest absolute Gasteiger partial charge is 0.301 e. The molecule has 0 saturated heterocycles. The van der Waals surface area contributed by atoms with Crippen molar-refractivity contribution in [1.29, 1.82) is 5.41 Å². The van der Waals surface area contributed by atoms with E-state index in [1.807, 2.05) is 0 Å². The third-order valence-electron chi connectivity index (χ3n) is 2.55.